The van der Waals surface area contributed by atoms with Crippen LogP contribution < -0.4 is 5.73 Å². The summed E-state index contributed by atoms with van der Waals surface area (Å²) in [7, 11) is 0. The number of anilines is 1. The predicted octanol–water partition coefficient (Wildman–Crippen LogP) is 3.07. The molecule has 5 heteroatoms. The Morgan fingerprint density at radius 3 is 2.56 bits per heavy atom. The highest BCUT2D eigenvalue weighted by Gasteiger charge is 2.02. The van der Waals surface area contributed by atoms with E-state index < -0.39 is 0 Å². The van der Waals surface area contributed by atoms with E-state index in [1.54, 1.807) is 6.20 Å². The van der Waals surface area contributed by atoms with Crippen LogP contribution in [-0.2, 0) is 6.42 Å². The molecule has 0 spiro atoms. The molecule has 0 aliphatic carbocycles. The van der Waals surface area contributed by atoms with E-state index in [4.69, 9.17) is 17.3 Å². The van der Waals surface area contributed by atoms with E-state index in [0.717, 1.165) is 10.6 Å². The molecular weight excluding hydrogens is 289 g/mol. The lowest BCUT2D eigenvalue weighted by Gasteiger charge is -2.02. The maximum Gasteiger partial charge on any atom is 0.141 e. The van der Waals surface area contributed by atoms with Gasteiger partial charge in [0.05, 0.1) is 4.47 Å². The number of rotatable bonds is 2. The van der Waals surface area contributed by atoms with Crippen LogP contribution in [0.15, 0.2) is 34.9 Å². The Balaban J connectivity index is 2.20. The molecule has 82 valence electrons. The summed E-state index contributed by atoms with van der Waals surface area (Å²) < 4.78 is 0.715. The molecule has 0 fully saturated rings. The Bertz CT molecular complexity index is 499. The smallest absolute Gasteiger partial charge is 0.141 e. The van der Waals surface area contributed by atoms with Crippen molar-refractivity contribution in [2.45, 2.75) is 6.42 Å². The topological polar surface area (TPSA) is 51.8 Å². The van der Waals surface area contributed by atoms with Crippen molar-refractivity contribution in [2.24, 2.45) is 0 Å². The minimum Gasteiger partial charge on any atom is -0.383 e. The number of nitrogens with two attached hydrogens (primary N) is 1. The predicted molar refractivity (Wildman–Crippen MR) is 68.4 cm³/mol. The molecule has 16 heavy (non-hydrogen) atoms. The Morgan fingerprint density at radius 2 is 1.94 bits per heavy atom. The van der Waals surface area contributed by atoms with Crippen molar-refractivity contribution in [3.05, 3.63) is 51.3 Å². The highest BCUT2D eigenvalue weighted by atomic mass is 79.9. The second-order valence-electron chi connectivity index (χ2n) is 3.32. The van der Waals surface area contributed by atoms with E-state index in [-0.39, 0.29) is 0 Å². The van der Waals surface area contributed by atoms with E-state index in [1.807, 2.05) is 24.3 Å². The summed E-state index contributed by atoms with van der Waals surface area (Å²) in [5.74, 6) is 1.15. The molecule has 1 heterocycles. The van der Waals surface area contributed by atoms with E-state index in [1.165, 1.54) is 0 Å². The van der Waals surface area contributed by atoms with Gasteiger partial charge in [-0.25, -0.2) is 9.97 Å². The van der Waals surface area contributed by atoms with Gasteiger partial charge in [-0.05, 0) is 33.6 Å². The van der Waals surface area contributed by atoms with Gasteiger partial charge in [0.1, 0.15) is 11.6 Å². The Labute approximate surface area is 107 Å². The summed E-state index contributed by atoms with van der Waals surface area (Å²) in [6.45, 7) is 0. The van der Waals surface area contributed by atoms with Crippen LogP contribution in [0.3, 0.4) is 0 Å². The average molecular weight is 299 g/mol. The van der Waals surface area contributed by atoms with Crippen LogP contribution >= 0.6 is 27.5 Å². The molecule has 3 nitrogen and oxygen atoms in total. The Hall–Kier alpha value is -1.13. The number of nitrogen functional groups attached to an aromatic ring is 1. The van der Waals surface area contributed by atoms with Crippen molar-refractivity contribution in [1.29, 1.82) is 0 Å². The summed E-state index contributed by atoms with van der Waals surface area (Å²) in [6.07, 6.45) is 2.31. The summed E-state index contributed by atoms with van der Waals surface area (Å²) in [6, 6.07) is 7.59. The van der Waals surface area contributed by atoms with Crippen molar-refractivity contribution in [2.75, 3.05) is 5.73 Å². The van der Waals surface area contributed by atoms with Crippen LogP contribution in [0.1, 0.15) is 11.4 Å². The zero-order chi connectivity index (χ0) is 11.5. The second kappa shape index (κ2) is 4.80. The molecule has 2 rings (SSSR count). The maximum absolute atomic E-state index is 5.80. The summed E-state index contributed by atoms with van der Waals surface area (Å²) >= 11 is 9.06. The van der Waals surface area contributed by atoms with Crippen LogP contribution in [0.5, 0.6) is 0 Å². The number of halogens is 2. The largest absolute Gasteiger partial charge is 0.383 e. The standard InChI is InChI=1S/C11H9BrClN3/c12-9-6-15-10(16-11(9)14)5-7-1-3-8(13)4-2-7/h1-4,6H,5H2,(H2,14,15,16). The van der Waals surface area contributed by atoms with E-state index in [2.05, 4.69) is 25.9 Å². The molecule has 0 saturated heterocycles. The maximum atomic E-state index is 5.80. The molecule has 0 unspecified atom stereocenters. The third-order valence-electron chi connectivity index (χ3n) is 2.10. The lowest BCUT2D eigenvalue weighted by molar-refractivity contribution is 0.968. The lowest BCUT2D eigenvalue weighted by Crippen LogP contribution is -2.00. The number of aromatic nitrogens is 2. The third-order valence-corrected chi connectivity index (χ3v) is 2.96. The molecule has 0 aliphatic rings. The first-order chi connectivity index (χ1) is 7.65. The minimum atomic E-state index is 0.457. The van der Waals surface area contributed by atoms with Gasteiger partial charge in [0.2, 0.25) is 0 Å². The van der Waals surface area contributed by atoms with Gasteiger partial charge in [-0.1, -0.05) is 23.7 Å². The fourth-order valence-electron chi connectivity index (χ4n) is 1.29. The molecule has 0 amide bonds. The third kappa shape index (κ3) is 2.71. The fraction of sp³-hybridized carbons (Fsp3) is 0.0909. The first kappa shape index (κ1) is 11.4. The SMILES string of the molecule is Nc1nc(Cc2ccc(Cl)cc2)ncc1Br. The molecule has 2 N–H and O–H groups in total. The van der Waals surface area contributed by atoms with E-state index in [0.29, 0.717) is 22.5 Å². The first-order valence-electron chi connectivity index (χ1n) is 4.66. The van der Waals surface area contributed by atoms with Crippen molar-refractivity contribution in [1.82, 2.24) is 9.97 Å². The fourth-order valence-corrected chi connectivity index (χ4v) is 1.61. The summed E-state index contributed by atoms with van der Waals surface area (Å²) in [4.78, 5) is 8.36. The van der Waals surface area contributed by atoms with Crippen LogP contribution in [0, 0.1) is 0 Å². The van der Waals surface area contributed by atoms with Gasteiger partial charge in [-0.2, -0.15) is 0 Å². The Morgan fingerprint density at radius 1 is 1.25 bits per heavy atom. The Kier molecular flexibility index (Phi) is 3.41. The first-order valence-corrected chi connectivity index (χ1v) is 5.83. The van der Waals surface area contributed by atoms with E-state index in [9.17, 15) is 0 Å². The van der Waals surface area contributed by atoms with Gasteiger partial charge in [0.25, 0.3) is 0 Å². The molecular formula is C11H9BrClN3. The van der Waals surface area contributed by atoms with Gasteiger partial charge in [0, 0.05) is 17.6 Å². The van der Waals surface area contributed by atoms with Crippen molar-refractivity contribution >= 4 is 33.3 Å². The molecule has 1 aromatic heterocycles. The zero-order valence-corrected chi connectivity index (χ0v) is 10.7. The second-order valence-corrected chi connectivity index (χ2v) is 4.61. The van der Waals surface area contributed by atoms with Crippen molar-refractivity contribution in [3.63, 3.8) is 0 Å². The van der Waals surface area contributed by atoms with Crippen molar-refractivity contribution < 1.29 is 0 Å². The summed E-state index contributed by atoms with van der Waals surface area (Å²) in [5, 5.41) is 0.722. The number of nitrogens with zero attached hydrogens (tertiary/aromatic N) is 2. The van der Waals surface area contributed by atoms with E-state index >= 15 is 0 Å². The summed E-state index contributed by atoms with van der Waals surface area (Å²) in [5.41, 5.74) is 6.78. The number of hydrogen-bond acceptors (Lipinski definition) is 3. The van der Waals surface area contributed by atoms with Gasteiger partial charge >= 0.3 is 0 Å². The number of benzene rings is 1. The highest BCUT2D eigenvalue weighted by molar-refractivity contribution is 9.10. The van der Waals surface area contributed by atoms with Crippen LogP contribution in [0.25, 0.3) is 0 Å². The zero-order valence-electron chi connectivity index (χ0n) is 8.32. The minimum absolute atomic E-state index is 0.457. The van der Waals surface area contributed by atoms with Gasteiger partial charge < -0.3 is 5.73 Å². The van der Waals surface area contributed by atoms with Gasteiger partial charge in [-0.3, -0.25) is 0 Å². The molecule has 0 saturated carbocycles. The monoisotopic (exact) mass is 297 g/mol. The average Bonchev–Trinajstić information content (AvgIpc) is 2.27. The van der Waals surface area contributed by atoms with Gasteiger partial charge in [-0.15, -0.1) is 0 Å². The molecule has 0 atom stereocenters. The van der Waals surface area contributed by atoms with Crippen molar-refractivity contribution in [3.8, 4) is 0 Å². The number of hydrogen-bond donors (Lipinski definition) is 1. The lowest BCUT2D eigenvalue weighted by atomic mass is 10.1. The normalized spacial score (nSPS) is 10.4. The quantitative estimate of drug-likeness (QED) is 0.927. The van der Waals surface area contributed by atoms with Crippen LogP contribution in [0.2, 0.25) is 5.02 Å². The molecule has 0 bridgehead atoms. The molecule has 0 radical (unpaired) electrons. The van der Waals surface area contributed by atoms with Crippen LogP contribution in [-0.4, -0.2) is 9.97 Å². The van der Waals surface area contributed by atoms with Gasteiger partial charge in [0.15, 0.2) is 0 Å². The van der Waals surface area contributed by atoms with Crippen LogP contribution in [0.4, 0.5) is 5.82 Å². The molecule has 2 aromatic rings. The molecule has 1 aromatic carbocycles. The molecule has 0 aliphatic heterocycles. The highest BCUT2D eigenvalue weighted by Crippen LogP contribution is 2.16.